The molecule has 2 saturated heterocycles. The second kappa shape index (κ2) is 3.22. The quantitative estimate of drug-likeness (QED) is 0.715. The van der Waals surface area contributed by atoms with Crippen LogP contribution in [-0.4, -0.2) is 36.0 Å². The highest BCUT2D eigenvalue weighted by molar-refractivity contribution is 5.81. The standard InChI is InChI=1S/C13H20N2O/c16-13(12-4-8-1-2-9(12)3-8)15-10-5-11(15)7-14-6-10/h8-12,14H,1-7H2. The molecule has 0 aromatic carbocycles. The van der Waals surface area contributed by atoms with Crippen molar-refractivity contribution < 1.29 is 4.79 Å². The zero-order chi connectivity index (χ0) is 10.7. The predicted octanol–water partition coefficient (Wildman–Crippen LogP) is 0.995. The molecule has 5 unspecified atom stereocenters. The zero-order valence-corrected chi connectivity index (χ0v) is 9.69. The van der Waals surface area contributed by atoms with Gasteiger partial charge in [-0.2, -0.15) is 0 Å². The Kier molecular flexibility index (Phi) is 1.90. The first kappa shape index (κ1) is 9.46. The van der Waals surface area contributed by atoms with Crippen LogP contribution in [0.25, 0.3) is 0 Å². The summed E-state index contributed by atoms with van der Waals surface area (Å²) in [5.41, 5.74) is 0. The molecule has 2 aliphatic carbocycles. The molecule has 16 heavy (non-hydrogen) atoms. The van der Waals surface area contributed by atoms with E-state index in [4.69, 9.17) is 0 Å². The Bertz CT molecular complexity index is 312. The molecule has 1 N–H and O–H groups in total. The minimum atomic E-state index is 0.405. The normalized spacial score (nSPS) is 49.2. The lowest BCUT2D eigenvalue weighted by atomic mass is 9.82. The molecule has 0 radical (unpaired) electrons. The predicted molar refractivity (Wildman–Crippen MR) is 60.8 cm³/mol. The lowest BCUT2D eigenvalue weighted by molar-refractivity contribution is -0.153. The van der Waals surface area contributed by atoms with Crippen molar-refractivity contribution in [3.63, 3.8) is 0 Å². The monoisotopic (exact) mass is 220 g/mol. The van der Waals surface area contributed by atoms with E-state index in [-0.39, 0.29) is 0 Å². The second-order valence-corrected chi connectivity index (χ2v) is 6.23. The fraction of sp³-hybridized carbons (Fsp3) is 0.923. The molecule has 2 heterocycles. The highest BCUT2D eigenvalue weighted by Gasteiger charge is 2.50. The third kappa shape index (κ3) is 1.15. The van der Waals surface area contributed by atoms with Crippen molar-refractivity contribution >= 4 is 5.91 Å². The van der Waals surface area contributed by atoms with Crippen molar-refractivity contribution in [1.29, 1.82) is 0 Å². The number of fused-ring (bicyclic) bond motifs is 4. The van der Waals surface area contributed by atoms with E-state index < -0.39 is 0 Å². The van der Waals surface area contributed by atoms with Gasteiger partial charge in [-0.25, -0.2) is 0 Å². The van der Waals surface area contributed by atoms with Crippen LogP contribution < -0.4 is 5.32 Å². The number of amides is 1. The molecule has 4 fully saturated rings. The van der Waals surface area contributed by atoms with E-state index in [9.17, 15) is 4.79 Å². The molecule has 4 aliphatic rings. The van der Waals surface area contributed by atoms with Crippen molar-refractivity contribution in [1.82, 2.24) is 10.2 Å². The van der Waals surface area contributed by atoms with E-state index in [0.717, 1.165) is 24.9 Å². The Labute approximate surface area is 96.6 Å². The van der Waals surface area contributed by atoms with E-state index in [1.807, 2.05) is 0 Å². The fourth-order valence-corrected chi connectivity index (χ4v) is 4.58. The molecule has 5 atom stereocenters. The van der Waals surface area contributed by atoms with E-state index in [0.29, 0.717) is 23.9 Å². The van der Waals surface area contributed by atoms with Crippen LogP contribution in [-0.2, 0) is 4.79 Å². The van der Waals surface area contributed by atoms with Crippen LogP contribution >= 0.6 is 0 Å². The Balaban J connectivity index is 1.50. The molecule has 2 saturated carbocycles. The minimum Gasteiger partial charge on any atom is -0.334 e. The lowest BCUT2D eigenvalue weighted by Crippen LogP contribution is -2.70. The van der Waals surface area contributed by atoms with Gasteiger partial charge in [0.05, 0.1) is 0 Å². The summed E-state index contributed by atoms with van der Waals surface area (Å²) in [5, 5.41) is 3.40. The summed E-state index contributed by atoms with van der Waals surface area (Å²) in [4.78, 5) is 14.8. The van der Waals surface area contributed by atoms with Crippen molar-refractivity contribution in [2.45, 2.75) is 44.2 Å². The molecule has 0 aromatic heterocycles. The van der Waals surface area contributed by atoms with Gasteiger partial charge in [0.25, 0.3) is 0 Å². The Morgan fingerprint density at radius 3 is 2.44 bits per heavy atom. The molecule has 0 spiro atoms. The summed E-state index contributed by atoms with van der Waals surface area (Å²) in [6.45, 7) is 2.06. The molecule has 4 bridgehead atoms. The van der Waals surface area contributed by atoms with Gasteiger partial charge < -0.3 is 10.2 Å². The highest BCUT2D eigenvalue weighted by Crippen LogP contribution is 2.50. The summed E-state index contributed by atoms with van der Waals surface area (Å²) in [7, 11) is 0. The molecule has 2 aliphatic heterocycles. The average molecular weight is 220 g/mol. The van der Waals surface area contributed by atoms with Gasteiger partial charge in [0.1, 0.15) is 0 Å². The topological polar surface area (TPSA) is 32.3 Å². The Morgan fingerprint density at radius 2 is 1.88 bits per heavy atom. The summed E-state index contributed by atoms with van der Waals surface area (Å²) in [6.07, 6.45) is 6.51. The summed E-state index contributed by atoms with van der Waals surface area (Å²) < 4.78 is 0. The maximum atomic E-state index is 12.5. The molecule has 4 rings (SSSR count). The third-order valence-electron chi connectivity index (χ3n) is 5.40. The van der Waals surface area contributed by atoms with Crippen LogP contribution in [0.1, 0.15) is 32.1 Å². The number of carbonyl (C=O) groups is 1. The highest BCUT2D eigenvalue weighted by atomic mass is 16.2. The number of hydrogen-bond donors (Lipinski definition) is 1. The van der Waals surface area contributed by atoms with Crippen molar-refractivity contribution in [3.05, 3.63) is 0 Å². The Morgan fingerprint density at radius 1 is 1.06 bits per heavy atom. The molecule has 1 amide bonds. The van der Waals surface area contributed by atoms with Crippen LogP contribution in [0.4, 0.5) is 0 Å². The first-order chi connectivity index (χ1) is 7.83. The van der Waals surface area contributed by atoms with Crippen LogP contribution in [0.5, 0.6) is 0 Å². The molecule has 0 aromatic rings. The maximum absolute atomic E-state index is 12.5. The van der Waals surface area contributed by atoms with Gasteiger partial charge in [0.15, 0.2) is 0 Å². The van der Waals surface area contributed by atoms with E-state index in [1.165, 1.54) is 32.1 Å². The van der Waals surface area contributed by atoms with Gasteiger partial charge in [-0.05, 0) is 37.5 Å². The third-order valence-corrected chi connectivity index (χ3v) is 5.40. The number of piperazine rings is 1. The minimum absolute atomic E-state index is 0.405. The number of rotatable bonds is 1. The average Bonchev–Trinajstić information content (AvgIpc) is 2.91. The van der Waals surface area contributed by atoms with Gasteiger partial charge in [-0.1, -0.05) is 6.42 Å². The van der Waals surface area contributed by atoms with Crippen LogP contribution in [0.2, 0.25) is 0 Å². The maximum Gasteiger partial charge on any atom is 0.226 e. The SMILES string of the molecule is O=C(C1CC2CCC1C2)N1C2CNCC1C2. The summed E-state index contributed by atoms with van der Waals surface area (Å²) >= 11 is 0. The number of nitrogens with one attached hydrogen (secondary N) is 1. The van der Waals surface area contributed by atoms with Gasteiger partial charge in [-0.3, -0.25) is 4.79 Å². The first-order valence-electron chi connectivity index (χ1n) is 6.86. The molecule has 3 heteroatoms. The van der Waals surface area contributed by atoms with Gasteiger partial charge in [0.2, 0.25) is 5.91 Å². The molecular weight excluding hydrogens is 200 g/mol. The fourth-order valence-electron chi connectivity index (χ4n) is 4.58. The summed E-state index contributed by atoms with van der Waals surface area (Å²) in [6, 6.07) is 1.07. The second-order valence-electron chi connectivity index (χ2n) is 6.23. The zero-order valence-electron chi connectivity index (χ0n) is 9.69. The van der Waals surface area contributed by atoms with Gasteiger partial charge >= 0.3 is 0 Å². The number of carbonyl (C=O) groups excluding carboxylic acids is 1. The molecule has 88 valence electrons. The van der Waals surface area contributed by atoms with Crippen molar-refractivity contribution in [2.75, 3.05) is 13.1 Å². The van der Waals surface area contributed by atoms with Crippen molar-refractivity contribution in [3.8, 4) is 0 Å². The lowest BCUT2D eigenvalue weighted by Gasteiger charge is -2.54. The first-order valence-corrected chi connectivity index (χ1v) is 6.86. The van der Waals surface area contributed by atoms with Gasteiger partial charge in [0, 0.05) is 31.1 Å². The number of hydrogen-bond acceptors (Lipinski definition) is 2. The van der Waals surface area contributed by atoms with Crippen molar-refractivity contribution in [2.24, 2.45) is 17.8 Å². The van der Waals surface area contributed by atoms with Gasteiger partial charge in [-0.15, -0.1) is 0 Å². The van der Waals surface area contributed by atoms with Crippen LogP contribution in [0.3, 0.4) is 0 Å². The van der Waals surface area contributed by atoms with E-state index in [1.54, 1.807) is 0 Å². The van der Waals surface area contributed by atoms with E-state index >= 15 is 0 Å². The largest absolute Gasteiger partial charge is 0.334 e. The number of piperidine rings is 1. The molecular formula is C13H20N2O. The summed E-state index contributed by atoms with van der Waals surface area (Å²) in [5.74, 6) is 2.54. The smallest absolute Gasteiger partial charge is 0.226 e. The Hall–Kier alpha value is -0.570. The van der Waals surface area contributed by atoms with E-state index in [2.05, 4.69) is 10.2 Å². The van der Waals surface area contributed by atoms with Crippen LogP contribution in [0.15, 0.2) is 0 Å². The van der Waals surface area contributed by atoms with Crippen LogP contribution in [0, 0.1) is 17.8 Å². The number of nitrogens with zero attached hydrogens (tertiary/aromatic N) is 1. The molecule has 3 nitrogen and oxygen atoms in total.